The van der Waals surface area contributed by atoms with Crippen molar-refractivity contribution >= 4 is 10.9 Å². The molecule has 0 saturated heterocycles. The van der Waals surface area contributed by atoms with Crippen LogP contribution in [0.15, 0.2) is 54.7 Å². The van der Waals surface area contributed by atoms with Crippen LogP contribution in [0.3, 0.4) is 0 Å². The molecule has 0 fully saturated rings. The van der Waals surface area contributed by atoms with Gasteiger partial charge in [-0.05, 0) is 37.1 Å². The number of aryl methyl sites for hydroxylation is 1. The van der Waals surface area contributed by atoms with Crippen molar-refractivity contribution in [3.05, 3.63) is 71.4 Å². The van der Waals surface area contributed by atoms with Crippen LogP contribution in [0.4, 0.5) is 0 Å². The maximum absolute atomic E-state index is 3.57. The van der Waals surface area contributed by atoms with Crippen LogP contribution in [0, 0.1) is 6.92 Å². The predicted molar refractivity (Wildman–Crippen MR) is 98.8 cm³/mol. The fourth-order valence-corrected chi connectivity index (χ4v) is 3.01. The lowest BCUT2D eigenvalue weighted by atomic mass is 10.1. The van der Waals surface area contributed by atoms with E-state index in [9.17, 15) is 0 Å². The molecule has 0 aliphatic rings. The molecule has 0 unspecified atom stereocenters. The molecule has 3 aromatic rings. The maximum atomic E-state index is 3.57. The van der Waals surface area contributed by atoms with Crippen LogP contribution in [0.5, 0.6) is 0 Å². The average molecular weight is 306 g/mol. The third-order valence-corrected chi connectivity index (χ3v) is 4.37. The van der Waals surface area contributed by atoms with Gasteiger partial charge in [0.15, 0.2) is 0 Å². The highest BCUT2D eigenvalue weighted by Gasteiger charge is 2.08. The van der Waals surface area contributed by atoms with Crippen LogP contribution in [-0.4, -0.2) is 11.1 Å². The third kappa shape index (κ3) is 3.83. The zero-order valence-electron chi connectivity index (χ0n) is 14.2. The molecule has 0 radical (unpaired) electrons. The first-order valence-electron chi connectivity index (χ1n) is 8.61. The number of nitrogens with zero attached hydrogens (tertiary/aromatic N) is 1. The van der Waals surface area contributed by atoms with Crippen LogP contribution in [-0.2, 0) is 13.1 Å². The van der Waals surface area contributed by atoms with E-state index in [4.69, 9.17) is 0 Å². The number of rotatable bonds is 7. The molecule has 1 heterocycles. The van der Waals surface area contributed by atoms with Crippen molar-refractivity contribution in [1.82, 2.24) is 9.88 Å². The van der Waals surface area contributed by atoms with E-state index < -0.39 is 0 Å². The number of aromatic nitrogens is 1. The highest BCUT2D eigenvalue weighted by Crippen LogP contribution is 2.22. The van der Waals surface area contributed by atoms with Gasteiger partial charge >= 0.3 is 0 Å². The standard InChI is InChI=1S/C21H26N2/c1-3-4-13-22-14-19-16-23(21-8-6-5-7-20(19)21)15-18-11-9-17(2)10-12-18/h5-12,16,22H,3-4,13-15H2,1-2H3. The Morgan fingerprint density at radius 2 is 1.78 bits per heavy atom. The summed E-state index contributed by atoms with van der Waals surface area (Å²) in [6.07, 6.45) is 4.79. The summed E-state index contributed by atoms with van der Waals surface area (Å²) >= 11 is 0. The molecule has 0 spiro atoms. The monoisotopic (exact) mass is 306 g/mol. The van der Waals surface area contributed by atoms with Crippen molar-refractivity contribution in [3.63, 3.8) is 0 Å². The minimum Gasteiger partial charge on any atom is -0.343 e. The van der Waals surface area contributed by atoms with Crippen molar-refractivity contribution in [2.75, 3.05) is 6.54 Å². The van der Waals surface area contributed by atoms with Crippen LogP contribution < -0.4 is 5.32 Å². The van der Waals surface area contributed by atoms with Crippen molar-refractivity contribution in [3.8, 4) is 0 Å². The SMILES string of the molecule is CCCCNCc1cn(Cc2ccc(C)cc2)c2ccccc12. The minimum atomic E-state index is 0.926. The number of hydrogen-bond donors (Lipinski definition) is 1. The summed E-state index contributed by atoms with van der Waals surface area (Å²) in [6, 6.07) is 17.5. The van der Waals surface area contributed by atoms with Crippen LogP contribution >= 0.6 is 0 Å². The summed E-state index contributed by atoms with van der Waals surface area (Å²) in [4.78, 5) is 0. The molecule has 0 aliphatic carbocycles. The number of hydrogen-bond acceptors (Lipinski definition) is 1. The summed E-state index contributed by atoms with van der Waals surface area (Å²) in [7, 11) is 0. The van der Waals surface area contributed by atoms with E-state index in [-0.39, 0.29) is 0 Å². The first-order valence-corrected chi connectivity index (χ1v) is 8.61. The third-order valence-electron chi connectivity index (χ3n) is 4.37. The first-order chi connectivity index (χ1) is 11.3. The lowest BCUT2D eigenvalue weighted by Crippen LogP contribution is -2.14. The molecule has 23 heavy (non-hydrogen) atoms. The molecular weight excluding hydrogens is 280 g/mol. The van der Waals surface area contributed by atoms with Gasteiger partial charge in [0, 0.05) is 30.2 Å². The second-order valence-corrected chi connectivity index (χ2v) is 6.32. The van der Waals surface area contributed by atoms with E-state index in [0.29, 0.717) is 0 Å². The van der Waals surface area contributed by atoms with Crippen LogP contribution in [0.25, 0.3) is 10.9 Å². The summed E-state index contributed by atoms with van der Waals surface area (Å²) in [5.74, 6) is 0. The fourth-order valence-electron chi connectivity index (χ4n) is 3.01. The van der Waals surface area contributed by atoms with Gasteiger partial charge in [0.25, 0.3) is 0 Å². The highest BCUT2D eigenvalue weighted by molar-refractivity contribution is 5.84. The molecule has 3 rings (SSSR count). The van der Waals surface area contributed by atoms with E-state index in [1.807, 2.05) is 0 Å². The normalized spacial score (nSPS) is 11.2. The van der Waals surface area contributed by atoms with Gasteiger partial charge in [0.1, 0.15) is 0 Å². The topological polar surface area (TPSA) is 17.0 Å². The van der Waals surface area contributed by atoms with Crippen LogP contribution in [0.1, 0.15) is 36.5 Å². The maximum Gasteiger partial charge on any atom is 0.0486 e. The highest BCUT2D eigenvalue weighted by atomic mass is 15.0. The smallest absolute Gasteiger partial charge is 0.0486 e. The van der Waals surface area contributed by atoms with Crippen molar-refractivity contribution in [2.45, 2.75) is 39.8 Å². The Hall–Kier alpha value is -2.06. The molecule has 0 saturated carbocycles. The minimum absolute atomic E-state index is 0.926. The van der Waals surface area contributed by atoms with Gasteiger partial charge in [-0.2, -0.15) is 0 Å². The second-order valence-electron chi connectivity index (χ2n) is 6.32. The van der Waals surface area contributed by atoms with E-state index >= 15 is 0 Å². The molecule has 2 nitrogen and oxygen atoms in total. The largest absolute Gasteiger partial charge is 0.343 e. The quantitative estimate of drug-likeness (QED) is 0.615. The fraction of sp³-hybridized carbons (Fsp3) is 0.333. The summed E-state index contributed by atoms with van der Waals surface area (Å²) in [5, 5.41) is 4.93. The van der Waals surface area contributed by atoms with Crippen LogP contribution in [0.2, 0.25) is 0 Å². The number of fused-ring (bicyclic) bond motifs is 1. The summed E-state index contributed by atoms with van der Waals surface area (Å²) < 4.78 is 2.37. The zero-order chi connectivity index (χ0) is 16.1. The van der Waals surface area contributed by atoms with E-state index in [1.165, 1.54) is 40.4 Å². The van der Waals surface area contributed by atoms with Gasteiger partial charge in [0.05, 0.1) is 0 Å². The Labute approximate surface area is 139 Å². The Morgan fingerprint density at radius 1 is 1.00 bits per heavy atom. The second kappa shape index (κ2) is 7.47. The number of nitrogens with one attached hydrogen (secondary N) is 1. The van der Waals surface area contributed by atoms with E-state index in [1.54, 1.807) is 0 Å². The predicted octanol–water partition coefficient (Wildman–Crippen LogP) is 4.89. The average Bonchev–Trinajstić information content (AvgIpc) is 2.92. The Kier molecular flexibility index (Phi) is 5.14. The van der Waals surface area contributed by atoms with Gasteiger partial charge in [-0.25, -0.2) is 0 Å². The van der Waals surface area contributed by atoms with Gasteiger partial charge in [-0.1, -0.05) is 61.4 Å². The van der Waals surface area contributed by atoms with E-state index in [0.717, 1.165) is 19.6 Å². The van der Waals surface area contributed by atoms with Crippen molar-refractivity contribution in [1.29, 1.82) is 0 Å². The van der Waals surface area contributed by atoms with Gasteiger partial charge in [0.2, 0.25) is 0 Å². The first kappa shape index (κ1) is 15.8. The molecule has 2 aromatic carbocycles. The van der Waals surface area contributed by atoms with Gasteiger partial charge in [-0.3, -0.25) is 0 Å². The Bertz CT molecular complexity index is 753. The molecule has 2 heteroatoms. The molecule has 0 atom stereocenters. The Morgan fingerprint density at radius 3 is 2.57 bits per heavy atom. The van der Waals surface area contributed by atoms with Crippen molar-refractivity contribution < 1.29 is 0 Å². The molecule has 1 N–H and O–H groups in total. The molecule has 0 aliphatic heterocycles. The van der Waals surface area contributed by atoms with Gasteiger partial charge in [-0.15, -0.1) is 0 Å². The lowest BCUT2D eigenvalue weighted by Gasteiger charge is -2.06. The molecule has 1 aromatic heterocycles. The molecular formula is C21H26N2. The zero-order valence-corrected chi connectivity index (χ0v) is 14.2. The Balaban J connectivity index is 1.83. The summed E-state index contributed by atoms with van der Waals surface area (Å²) in [5.41, 5.74) is 5.37. The number of unbranched alkanes of at least 4 members (excludes halogenated alkanes) is 1. The number of benzene rings is 2. The van der Waals surface area contributed by atoms with Crippen molar-refractivity contribution in [2.24, 2.45) is 0 Å². The molecule has 0 bridgehead atoms. The lowest BCUT2D eigenvalue weighted by molar-refractivity contribution is 0.641. The molecule has 120 valence electrons. The number of para-hydroxylation sites is 1. The summed E-state index contributed by atoms with van der Waals surface area (Å²) in [6.45, 7) is 7.33. The van der Waals surface area contributed by atoms with E-state index in [2.05, 4.69) is 78.5 Å². The molecule has 0 amide bonds. The van der Waals surface area contributed by atoms with Gasteiger partial charge < -0.3 is 9.88 Å².